The summed E-state index contributed by atoms with van der Waals surface area (Å²) < 4.78 is -0.209. The van der Waals surface area contributed by atoms with E-state index >= 15 is 0 Å². The lowest BCUT2D eigenvalue weighted by Gasteiger charge is -2.44. The minimum absolute atomic E-state index is 0.0795. The van der Waals surface area contributed by atoms with Crippen molar-refractivity contribution in [2.45, 2.75) is 95.6 Å². The first-order chi connectivity index (χ1) is 12.5. The van der Waals surface area contributed by atoms with Gasteiger partial charge in [0.25, 0.3) is 0 Å². The van der Waals surface area contributed by atoms with E-state index in [0.717, 1.165) is 51.5 Å². The van der Waals surface area contributed by atoms with Crippen molar-refractivity contribution in [3.8, 4) is 0 Å². The second-order valence-corrected chi connectivity index (χ2v) is 8.40. The average molecular weight is 371 g/mol. The maximum absolute atomic E-state index is 13.2. The molecule has 6 nitrogen and oxygen atoms in total. The van der Waals surface area contributed by atoms with Crippen LogP contribution in [0.4, 0.5) is 0 Å². The van der Waals surface area contributed by atoms with Crippen LogP contribution in [0.3, 0.4) is 0 Å². The Balaban J connectivity index is 1.68. The maximum Gasteiger partial charge on any atom is 0.303 e. The number of aliphatic carboxylic acids is 1. The Labute approximate surface area is 158 Å². The van der Waals surface area contributed by atoms with Gasteiger partial charge in [-0.15, -0.1) is 0 Å². The van der Waals surface area contributed by atoms with E-state index in [1.165, 1.54) is 25.7 Å². The Morgan fingerprint density at radius 3 is 2.50 bits per heavy atom. The highest BCUT2D eigenvalue weighted by Gasteiger charge is 2.34. The topological polar surface area (TPSA) is 92.6 Å². The number of rotatable bonds is 11. The molecule has 1 aliphatic heterocycles. The van der Waals surface area contributed by atoms with Gasteiger partial charge >= 0.3 is 5.97 Å². The summed E-state index contributed by atoms with van der Waals surface area (Å²) in [6.45, 7) is 1.73. The summed E-state index contributed by atoms with van der Waals surface area (Å²) in [5.74, 6) is -0.347. The summed E-state index contributed by atoms with van der Waals surface area (Å²) in [5.41, 5.74) is 0. The van der Waals surface area contributed by atoms with Crippen LogP contribution in [0.25, 0.3) is 0 Å². The third kappa shape index (κ3) is 7.14. The Kier molecular flexibility index (Phi) is 9.33. The Morgan fingerprint density at radius 2 is 1.81 bits per heavy atom. The van der Waals surface area contributed by atoms with Crippen molar-refractivity contribution in [1.29, 1.82) is 0 Å². The molecule has 3 atom stereocenters. The quantitative estimate of drug-likeness (QED) is 0.224. The van der Waals surface area contributed by atoms with Gasteiger partial charge < -0.3 is 20.1 Å². The first kappa shape index (κ1) is 21.6. The molecule has 0 spiro atoms. The lowest BCUT2D eigenvalue weighted by molar-refractivity contribution is -0.893. The van der Waals surface area contributed by atoms with Crippen molar-refractivity contribution in [3.63, 3.8) is 0 Å². The summed E-state index contributed by atoms with van der Waals surface area (Å²) in [6.07, 6.45) is 12.3. The molecule has 1 aliphatic carbocycles. The standard InChI is InChI=1S/C20H38N2O4/c23-19(17-9-5-1-2-6-10-17)13-14-22(26)16-21-15-18(22)11-7-3-4-8-12-20(24)25/h17-19,21,23H,1-16H2,(H,24,25). The highest BCUT2D eigenvalue weighted by molar-refractivity contribution is 5.66. The Bertz CT molecular complexity index is 413. The molecule has 0 radical (unpaired) electrons. The lowest BCUT2D eigenvalue weighted by atomic mass is 9.92. The maximum atomic E-state index is 13.2. The molecule has 3 unspecified atom stereocenters. The number of aliphatic hydroxyl groups excluding tert-OH is 1. The van der Waals surface area contributed by atoms with Crippen molar-refractivity contribution in [1.82, 2.24) is 5.32 Å². The summed E-state index contributed by atoms with van der Waals surface area (Å²) >= 11 is 0. The number of quaternary nitrogens is 1. The summed E-state index contributed by atoms with van der Waals surface area (Å²) in [7, 11) is 0. The van der Waals surface area contributed by atoms with Gasteiger partial charge in [-0.3, -0.25) is 10.1 Å². The van der Waals surface area contributed by atoms with E-state index < -0.39 is 5.97 Å². The zero-order valence-corrected chi connectivity index (χ0v) is 16.2. The largest absolute Gasteiger partial charge is 0.632 e. The number of nitrogens with zero attached hydrogens (tertiary/aromatic N) is 1. The zero-order chi connectivity index (χ0) is 18.8. The molecular formula is C20H38N2O4. The van der Waals surface area contributed by atoms with Crippen LogP contribution in [-0.2, 0) is 4.79 Å². The average Bonchev–Trinajstić information content (AvgIpc) is 2.81. The fraction of sp³-hybridized carbons (Fsp3) is 0.950. The lowest BCUT2D eigenvalue weighted by Crippen LogP contribution is -2.49. The van der Waals surface area contributed by atoms with E-state index in [4.69, 9.17) is 5.11 Å². The summed E-state index contributed by atoms with van der Waals surface area (Å²) in [4.78, 5) is 10.5. The van der Waals surface area contributed by atoms with Gasteiger partial charge in [-0.05, 0) is 31.6 Å². The van der Waals surface area contributed by atoms with Crippen LogP contribution in [0.15, 0.2) is 0 Å². The number of unbranched alkanes of at least 4 members (excludes halogenated alkanes) is 3. The molecule has 0 bridgehead atoms. The highest BCUT2D eigenvalue weighted by Crippen LogP contribution is 2.29. The monoisotopic (exact) mass is 370 g/mol. The van der Waals surface area contributed by atoms with Crippen LogP contribution in [-0.4, -0.2) is 52.7 Å². The molecule has 2 aliphatic rings. The van der Waals surface area contributed by atoms with E-state index in [-0.39, 0.29) is 23.2 Å². The number of aliphatic hydroxyl groups is 1. The fourth-order valence-electron chi connectivity index (χ4n) is 4.61. The highest BCUT2D eigenvalue weighted by atomic mass is 16.6. The minimum atomic E-state index is -0.729. The van der Waals surface area contributed by atoms with Gasteiger partial charge in [0.2, 0.25) is 0 Å². The SMILES string of the molecule is O=C(O)CCCCCCC1CNC[N+]1([O-])CCC(O)C1CCCCCC1. The second kappa shape index (κ2) is 11.2. The van der Waals surface area contributed by atoms with Crippen molar-refractivity contribution >= 4 is 5.97 Å². The molecule has 6 heteroatoms. The smallest absolute Gasteiger partial charge is 0.303 e. The number of carbonyl (C=O) groups is 1. The van der Waals surface area contributed by atoms with Crippen molar-refractivity contribution in [2.75, 3.05) is 19.8 Å². The zero-order valence-electron chi connectivity index (χ0n) is 16.2. The van der Waals surface area contributed by atoms with Gasteiger partial charge in [-0.2, -0.15) is 0 Å². The third-order valence-corrected chi connectivity index (χ3v) is 6.35. The van der Waals surface area contributed by atoms with Gasteiger partial charge in [-0.1, -0.05) is 38.5 Å². The number of hydrogen-bond acceptors (Lipinski definition) is 4. The van der Waals surface area contributed by atoms with Gasteiger partial charge in [0.05, 0.1) is 19.2 Å². The van der Waals surface area contributed by atoms with Crippen LogP contribution < -0.4 is 5.32 Å². The molecule has 0 aromatic rings. The Hall–Kier alpha value is -0.690. The Morgan fingerprint density at radius 1 is 1.12 bits per heavy atom. The third-order valence-electron chi connectivity index (χ3n) is 6.35. The molecule has 1 heterocycles. The number of carboxylic acid groups (broad SMARTS) is 1. The number of carboxylic acids is 1. The van der Waals surface area contributed by atoms with Crippen LogP contribution >= 0.6 is 0 Å². The van der Waals surface area contributed by atoms with E-state index in [2.05, 4.69) is 5.32 Å². The van der Waals surface area contributed by atoms with E-state index in [1.54, 1.807) is 0 Å². The van der Waals surface area contributed by atoms with E-state index in [0.29, 0.717) is 25.6 Å². The van der Waals surface area contributed by atoms with Gasteiger partial charge in [0.15, 0.2) is 0 Å². The second-order valence-electron chi connectivity index (χ2n) is 8.40. The predicted octanol–water partition coefficient (Wildman–Crippen LogP) is 3.38. The molecule has 2 fully saturated rings. The van der Waals surface area contributed by atoms with E-state index in [1.807, 2.05) is 0 Å². The number of hydroxylamine groups is 3. The van der Waals surface area contributed by atoms with Crippen LogP contribution in [0.5, 0.6) is 0 Å². The van der Waals surface area contributed by atoms with Gasteiger partial charge in [0, 0.05) is 19.3 Å². The molecule has 0 aromatic carbocycles. The predicted molar refractivity (Wildman–Crippen MR) is 102 cm³/mol. The minimum Gasteiger partial charge on any atom is -0.632 e. The van der Waals surface area contributed by atoms with Crippen LogP contribution in [0.2, 0.25) is 0 Å². The molecule has 3 N–H and O–H groups in total. The van der Waals surface area contributed by atoms with Gasteiger partial charge in [0.1, 0.15) is 12.7 Å². The van der Waals surface area contributed by atoms with Crippen molar-refractivity contribution in [2.24, 2.45) is 5.92 Å². The van der Waals surface area contributed by atoms with Crippen LogP contribution in [0, 0.1) is 11.1 Å². The molecule has 0 aromatic heterocycles. The number of nitrogens with one attached hydrogen (secondary N) is 1. The molecule has 1 saturated heterocycles. The molecule has 0 amide bonds. The fourth-order valence-corrected chi connectivity index (χ4v) is 4.61. The molecule has 1 saturated carbocycles. The normalized spacial score (nSPS) is 28.8. The number of hydrogen-bond donors (Lipinski definition) is 3. The molecule has 152 valence electrons. The van der Waals surface area contributed by atoms with Gasteiger partial charge in [-0.25, -0.2) is 0 Å². The molecule has 26 heavy (non-hydrogen) atoms. The van der Waals surface area contributed by atoms with Crippen molar-refractivity contribution in [3.05, 3.63) is 5.21 Å². The molecular weight excluding hydrogens is 332 g/mol. The van der Waals surface area contributed by atoms with Crippen molar-refractivity contribution < 1.29 is 19.7 Å². The first-order valence-corrected chi connectivity index (χ1v) is 10.7. The summed E-state index contributed by atoms with van der Waals surface area (Å²) in [5, 5.41) is 35.6. The summed E-state index contributed by atoms with van der Waals surface area (Å²) in [6, 6.07) is 0.0795. The first-order valence-electron chi connectivity index (χ1n) is 10.7. The van der Waals surface area contributed by atoms with E-state index in [9.17, 15) is 15.1 Å². The molecule has 2 rings (SSSR count). The van der Waals surface area contributed by atoms with Crippen LogP contribution in [0.1, 0.15) is 83.5 Å².